The van der Waals surface area contributed by atoms with Gasteiger partial charge >= 0.3 is 0 Å². The molecule has 1 aromatic rings. The lowest BCUT2D eigenvalue weighted by Gasteiger charge is -1.88. The Balaban J connectivity index is 2.87. The number of hydrogen-bond acceptors (Lipinski definition) is 1. The van der Waals surface area contributed by atoms with E-state index in [1.165, 1.54) is 0 Å². The number of halogens is 1. The number of pyridine rings is 1. The third kappa shape index (κ3) is 2.73. The Bertz CT molecular complexity index is 296. The van der Waals surface area contributed by atoms with E-state index < -0.39 is 0 Å². The fourth-order valence-corrected chi connectivity index (χ4v) is 0.987. The van der Waals surface area contributed by atoms with Crippen molar-refractivity contribution in [2.45, 2.75) is 13.3 Å². The van der Waals surface area contributed by atoms with Crippen LogP contribution in [0.15, 0.2) is 22.8 Å². The molecule has 0 spiro atoms. The lowest BCUT2D eigenvalue weighted by Crippen LogP contribution is -1.79. The second-order valence-electron chi connectivity index (χ2n) is 2.01. The lowest BCUT2D eigenvalue weighted by molar-refractivity contribution is 1.25. The van der Waals surface area contributed by atoms with Crippen LogP contribution in [-0.2, 0) is 0 Å². The first-order chi connectivity index (χ1) is 5.33. The summed E-state index contributed by atoms with van der Waals surface area (Å²) in [6.07, 6.45) is 2.61. The monoisotopic (exact) mass is 209 g/mol. The van der Waals surface area contributed by atoms with Crippen molar-refractivity contribution in [3.05, 3.63) is 28.5 Å². The molecule has 0 amide bonds. The van der Waals surface area contributed by atoms with Gasteiger partial charge in [-0.15, -0.1) is 0 Å². The van der Waals surface area contributed by atoms with Gasteiger partial charge in [0.2, 0.25) is 0 Å². The SMILES string of the molecule is CCC#Cc1cc(Br)ccn1. The molecule has 2 heteroatoms. The van der Waals surface area contributed by atoms with Crippen LogP contribution in [0, 0.1) is 11.8 Å². The molecular weight excluding hydrogens is 202 g/mol. The summed E-state index contributed by atoms with van der Waals surface area (Å²) in [4.78, 5) is 4.07. The minimum Gasteiger partial charge on any atom is -0.248 e. The summed E-state index contributed by atoms with van der Waals surface area (Å²) in [6.45, 7) is 2.02. The topological polar surface area (TPSA) is 12.9 Å². The normalized spacial score (nSPS) is 8.55. The number of rotatable bonds is 0. The largest absolute Gasteiger partial charge is 0.248 e. The summed E-state index contributed by atoms with van der Waals surface area (Å²) in [5, 5.41) is 0. The van der Waals surface area contributed by atoms with Crippen LogP contribution < -0.4 is 0 Å². The maximum absolute atomic E-state index is 4.07. The summed E-state index contributed by atoms with van der Waals surface area (Å²) in [5.41, 5.74) is 0.821. The quantitative estimate of drug-likeness (QED) is 0.599. The summed E-state index contributed by atoms with van der Waals surface area (Å²) in [7, 11) is 0. The van der Waals surface area contributed by atoms with Crippen molar-refractivity contribution < 1.29 is 0 Å². The van der Waals surface area contributed by atoms with E-state index in [1.54, 1.807) is 6.20 Å². The van der Waals surface area contributed by atoms with Crippen molar-refractivity contribution in [3.63, 3.8) is 0 Å². The van der Waals surface area contributed by atoms with Crippen LogP contribution in [0.5, 0.6) is 0 Å². The third-order valence-corrected chi connectivity index (χ3v) is 1.61. The zero-order valence-electron chi connectivity index (χ0n) is 6.26. The molecular formula is C9H8BrN. The van der Waals surface area contributed by atoms with Gasteiger partial charge in [0.15, 0.2) is 0 Å². The Kier molecular flexibility index (Phi) is 3.13. The highest BCUT2D eigenvalue weighted by molar-refractivity contribution is 9.10. The van der Waals surface area contributed by atoms with E-state index in [1.807, 2.05) is 19.1 Å². The summed E-state index contributed by atoms with van der Waals surface area (Å²) < 4.78 is 1.02. The molecule has 0 atom stereocenters. The van der Waals surface area contributed by atoms with Gasteiger partial charge in [-0.3, -0.25) is 0 Å². The van der Waals surface area contributed by atoms with Crippen LogP contribution in [-0.4, -0.2) is 4.98 Å². The number of aromatic nitrogens is 1. The van der Waals surface area contributed by atoms with Crippen molar-refractivity contribution in [1.29, 1.82) is 0 Å². The van der Waals surface area contributed by atoms with Crippen LogP contribution in [0.1, 0.15) is 19.0 Å². The average Bonchev–Trinajstić information content (AvgIpc) is 2.01. The summed E-state index contributed by atoms with van der Waals surface area (Å²) in [6, 6.07) is 3.79. The van der Waals surface area contributed by atoms with Crippen molar-refractivity contribution >= 4 is 15.9 Å². The molecule has 11 heavy (non-hydrogen) atoms. The van der Waals surface area contributed by atoms with E-state index in [4.69, 9.17) is 0 Å². The van der Waals surface area contributed by atoms with Gasteiger partial charge in [-0.1, -0.05) is 28.8 Å². The molecule has 56 valence electrons. The van der Waals surface area contributed by atoms with Gasteiger partial charge < -0.3 is 0 Å². The van der Waals surface area contributed by atoms with E-state index >= 15 is 0 Å². The highest BCUT2D eigenvalue weighted by Crippen LogP contribution is 2.07. The zero-order chi connectivity index (χ0) is 8.10. The highest BCUT2D eigenvalue weighted by Gasteiger charge is 1.87. The minimum atomic E-state index is 0.821. The number of hydrogen-bond donors (Lipinski definition) is 0. The van der Waals surface area contributed by atoms with E-state index in [2.05, 4.69) is 32.8 Å². The molecule has 0 N–H and O–H groups in total. The van der Waals surface area contributed by atoms with E-state index in [-0.39, 0.29) is 0 Å². The van der Waals surface area contributed by atoms with Crippen molar-refractivity contribution in [1.82, 2.24) is 4.98 Å². The number of nitrogens with zero attached hydrogens (tertiary/aromatic N) is 1. The molecule has 1 nitrogen and oxygen atoms in total. The van der Waals surface area contributed by atoms with Crippen LogP contribution in [0.4, 0.5) is 0 Å². The molecule has 0 aliphatic heterocycles. The molecule has 0 saturated heterocycles. The predicted molar refractivity (Wildman–Crippen MR) is 49.1 cm³/mol. The van der Waals surface area contributed by atoms with Crippen LogP contribution in [0.2, 0.25) is 0 Å². The zero-order valence-corrected chi connectivity index (χ0v) is 7.85. The molecule has 0 aliphatic carbocycles. The first kappa shape index (κ1) is 8.29. The van der Waals surface area contributed by atoms with Gasteiger partial charge in [-0.05, 0) is 18.1 Å². The Labute approximate surface area is 75.0 Å². The van der Waals surface area contributed by atoms with Crippen LogP contribution >= 0.6 is 15.9 Å². The summed E-state index contributed by atoms with van der Waals surface area (Å²) >= 11 is 3.35. The second-order valence-corrected chi connectivity index (χ2v) is 2.93. The van der Waals surface area contributed by atoms with Crippen molar-refractivity contribution in [3.8, 4) is 11.8 Å². The molecule has 0 radical (unpaired) electrons. The highest BCUT2D eigenvalue weighted by atomic mass is 79.9. The van der Waals surface area contributed by atoms with Crippen molar-refractivity contribution in [2.24, 2.45) is 0 Å². The van der Waals surface area contributed by atoms with Crippen LogP contribution in [0.3, 0.4) is 0 Å². The van der Waals surface area contributed by atoms with Gasteiger partial charge in [0.25, 0.3) is 0 Å². The standard InChI is InChI=1S/C9H8BrN/c1-2-3-4-9-7-8(10)5-6-11-9/h5-7H,2H2,1H3. The Morgan fingerprint density at radius 3 is 3.09 bits per heavy atom. The Morgan fingerprint density at radius 1 is 1.64 bits per heavy atom. The fourth-order valence-electron chi connectivity index (χ4n) is 0.652. The molecule has 0 saturated carbocycles. The van der Waals surface area contributed by atoms with Gasteiger partial charge in [0.1, 0.15) is 5.69 Å². The van der Waals surface area contributed by atoms with Gasteiger partial charge in [-0.2, -0.15) is 0 Å². The lowest BCUT2D eigenvalue weighted by atomic mass is 10.3. The third-order valence-electron chi connectivity index (χ3n) is 1.12. The molecule has 1 aromatic heterocycles. The fraction of sp³-hybridized carbons (Fsp3) is 0.222. The molecule has 1 heterocycles. The molecule has 0 aliphatic rings. The average molecular weight is 210 g/mol. The van der Waals surface area contributed by atoms with Gasteiger partial charge in [0, 0.05) is 17.1 Å². The maximum atomic E-state index is 4.07. The van der Waals surface area contributed by atoms with E-state index in [0.717, 1.165) is 16.6 Å². The van der Waals surface area contributed by atoms with Gasteiger partial charge in [-0.25, -0.2) is 4.98 Å². The van der Waals surface area contributed by atoms with Gasteiger partial charge in [0.05, 0.1) is 0 Å². The molecule has 0 fully saturated rings. The predicted octanol–water partition coefficient (Wildman–Crippen LogP) is 2.61. The molecule has 0 bridgehead atoms. The molecule has 1 rings (SSSR count). The first-order valence-electron chi connectivity index (χ1n) is 3.43. The minimum absolute atomic E-state index is 0.821. The summed E-state index contributed by atoms with van der Waals surface area (Å²) in [5.74, 6) is 5.90. The Morgan fingerprint density at radius 2 is 2.45 bits per heavy atom. The van der Waals surface area contributed by atoms with E-state index in [9.17, 15) is 0 Å². The van der Waals surface area contributed by atoms with Crippen molar-refractivity contribution in [2.75, 3.05) is 0 Å². The molecule has 0 aromatic carbocycles. The first-order valence-corrected chi connectivity index (χ1v) is 4.22. The maximum Gasteiger partial charge on any atom is 0.114 e. The second kappa shape index (κ2) is 4.15. The van der Waals surface area contributed by atoms with E-state index in [0.29, 0.717) is 0 Å². The molecule has 0 unspecified atom stereocenters. The Hall–Kier alpha value is -0.810. The smallest absolute Gasteiger partial charge is 0.114 e. The van der Waals surface area contributed by atoms with Crippen LogP contribution in [0.25, 0.3) is 0 Å².